The van der Waals surface area contributed by atoms with Crippen LogP contribution in [0, 0.1) is 6.85 Å². The third-order valence-electron chi connectivity index (χ3n) is 4.37. The van der Waals surface area contributed by atoms with E-state index in [2.05, 4.69) is 61.0 Å². The van der Waals surface area contributed by atoms with Gasteiger partial charge in [0.1, 0.15) is 0 Å². The summed E-state index contributed by atoms with van der Waals surface area (Å²) in [5, 5.41) is 4.03. The number of fused-ring (bicyclic) bond motifs is 3. The van der Waals surface area contributed by atoms with Crippen molar-refractivity contribution < 1.29 is 4.11 Å². The monoisotopic (exact) mass is 350 g/mol. The van der Waals surface area contributed by atoms with Crippen molar-refractivity contribution in [1.82, 2.24) is 4.98 Å². The van der Waals surface area contributed by atoms with Gasteiger partial charge in [0.2, 0.25) is 0 Å². The first-order chi connectivity index (χ1) is 12.7. The Morgan fingerprint density at radius 2 is 1.67 bits per heavy atom. The fourth-order valence-corrected chi connectivity index (χ4v) is 6.89. The number of benzene rings is 2. The molecule has 0 saturated heterocycles. The van der Waals surface area contributed by atoms with Crippen LogP contribution < -0.4 is 5.19 Å². The van der Waals surface area contributed by atoms with E-state index in [1.165, 1.54) is 31.6 Å². The van der Waals surface area contributed by atoms with Crippen molar-refractivity contribution in [2.24, 2.45) is 0 Å². The molecule has 0 bridgehead atoms. The van der Waals surface area contributed by atoms with Crippen molar-refractivity contribution in [3.63, 3.8) is 0 Å². The minimum atomic E-state index is -2.12. The molecule has 1 nitrogen and oxygen atoms in total. The first-order valence-corrected chi connectivity index (χ1v) is 12.4. The molecule has 3 heteroatoms. The van der Waals surface area contributed by atoms with E-state index in [-0.39, 0.29) is 5.56 Å². The molecular weight excluding hydrogens is 326 g/mol. The first-order valence-electron chi connectivity index (χ1n) is 9.58. The van der Waals surface area contributed by atoms with E-state index in [9.17, 15) is 0 Å². The zero-order chi connectivity index (χ0) is 19.4. The third-order valence-corrected chi connectivity index (χ3v) is 7.87. The van der Waals surface area contributed by atoms with Gasteiger partial charge in [-0.2, -0.15) is 0 Å². The van der Waals surface area contributed by atoms with Gasteiger partial charge in [-0.1, -0.05) is 62.1 Å². The number of rotatable bonds is 2. The summed E-state index contributed by atoms with van der Waals surface area (Å²) in [5.74, 6) is 0. The zero-order valence-corrected chi connectivity index (χ0v) is 15.9. The van der Waals surface area contributed by atoms with Crippen LogP contribution in [-0.4, -0.2) is 13.1 Å². The van der Waals surface area contributed by atoms with Crippen molar-refractivity contribution in [1.29, 1.82) is 0 Å². The predicted octanol–water partition coefficient (Wildman–Crippen LogP) is 5.97. The smallest absolute Gasteiger partial charge is 0.0794 e. The van der Waals surface area contributed by atoms with Crippen LogP contribution >= 0.6 is 11.3 Å². The third kappa shape index (κ3) is 2.48. The Morgan fingerprint density at radius 1 is 0.917 bits per heavy atom. The maximum atomic E-state index is 7.53. The second-order valence-electron chi connectivity index (χ2n) is 7.15. The van der Waals surface area contributed by atoms with Crippen LogP contribution in [-0.2, 0) is 0 Å². The lowest BCUT2D eigenvalue weighted by molar-refractivity contribution is 1.27. The van der Waals surface area contributed by atoms with Crippen LogP contribution in [0.25, 0.3) is 31.4 Å². The van der Waals surface area contributed by atoms with E-state index in [4.69, 9.17) is 4.11 Å². The summed E-state index contributed by atoms with van der Waals surface area (Å²) in [6, 6.07) is 16.4. The normalized spacial score (nSPS) is 14.5. The van der Waals surface area contributed by atoms with Crippen LogP contribution in [0.5, 0.6) is 0 Å². The number of aromatic nitrogens is 1. The van der Waals surface area contributed by atoms with Gasteiger partial charge < -0.3 is 0 Å². The Hall–Kier alpha value is -1.97. The number of hydrogen-bond acceptors (Lipinski definition) is 2. The molecule has 24 heavy (non-hydrogen) atoms. The van der Waals surface area contributed by atoms with E-state index in [1.54, 1.807) is 6.07 Å². The molecule has 4 aromatic rings. The SMILES string of the molecule is [2H]C([2H])([2H])c1ccc(-c2cccc3c2sc2c([Si](C)(C)C)cccc23)nc1. The molecule has 0 spiro atoms. The maximum Gasteiger partial charge on any atom is 0.0794 e. The van der Waals surface area contributed by atoms with E-state index >= 15 is 0 Å². The quantitative estimate of drug-likeness (QED) is 0.406. The minimum Gasteiger partial charge on any atom is -0.256 e. The van der Waals surface area contributed by atoms with Gasteiger partial charge in [-0.15, -0.1) is 11.3 Å². The molecule has 0 unspecified atom stereocenters. The summed E-state index contributed by atoms with van der Waals surface area (Å²) in [7, 11) is -1.45. The van der Waals surface area contributed by atoms with Crippen molar-refractivity contribution in [3.8, 4) is 11.3 Å². The molecule has 0 aliphatic heterocycles. The summed E-state index contributed by atoms with van der Waals surface area (Å²) in [6.45, 7) is 5.01. The van der Waals surface area contributed by atoms with Crippen molar-refractivity contribution in [3.05, 3.63) is 60.3 Å². The number of pyridine rings is 1. The largest absolute Gasteiger partial charge is 0.256 e. The maximum absolute atomic E-state index is 7.53. The molecule has 0 amide bonds. The topological polar surface area (TPSA) is 12.9 Å². The Morgan fingerprint density at radius 3 is 2.33 bits per heavy atom. The molecule has 0 atom stereocenters. The molecule has 4 rings (SSSR count). The summed E-state index contributed by atoms with van der Waals surface area (Å²) in [4.78, 5) is 4.46. The van der Waals surface area contributed by atoms with Crippen LogP contribution in [0.1, 0.15) is 9.68 Å². The highest BCUT2D eigenvalue weighted by atomic mass is 32.1. The highest BCUT2D eigenvalue weighted by Crippen LogP contribution is 2.39. The number of thiophene rings is 1. The highest BCUT2D eigenvalue weighted by molar-refractivity contribution is 7.28. The van der Waals surface area contributed by atoms with Gasteiger partial charge in [-0.05, 0) is 23.7 Å². The van der Waals surface area contributed by atoms with Crippen LogP contribution in [0.4, 0.5) is 0 Å². The summed E-state index contributed by atoms with van der Waals surface area (Å²) in [6.07, 6.45) is 1.47. The molecule has 120 valence electrons. The average molecular weight is 351 g/mol. The molecule has 0 aliphatic carbocycles. The second-order valence-corrected chi connectivity index (χ2v) is 13.2. The molecular formula is C21H21NSSi. The lowest BCUT2D eigenvalue weighted by atomic mass is 10.1. The van der Waals surface area contributed by atoms with E-state index in [1.807, 2.05) is 17.4 Å². The number of aryl methyl sites for hydroxylation is 1. The molecule has 0 fully saturated rings. The molecule has 2 heterocycles. The van der Waals surface area contributed by atoms with Gasteiger partial charge in [0.25, 0.3) is 0 Å². The van der Waals surface area contributed by atoms with E-state index in [0.29, 0.717) is 0 Å². The van der Waals surface area contributed by atoms with Gasteiger partial charge in [0.15, 0.2) is 0 Å². The van der Waals surface area contributed by atoms with Crippen molar-refractivity contribution >= 4 is 44.8 Å². The predicted molar refractivity (Wildman–Crippen MR) is 110 cm³/mol. The minimum absolute atomic E-state index is 0.274. The van der Waals surface area contributed by atoms with Gasteiger partial charge in [0.05, 0.1) is 13.8 Å². The van der Waals surface area contributed by atoms with E-state index < -0.39 is 14.9 Å². The van der Waals surface area contributed by atoms with Crippen LogP contribution in [0.2, 0.25) is 19.6 Å². The lowest BCUT2D eigenvalue weighted by Crippen LogP contribution is -2.37. The Balaban J connectivity index is 1.95. The zero-order valence-electron chi connectivity index (χ0n) is 17.1. The Kier molecular flexibility index (Phi) is 2.86. The van der Waals surface area contributed by atoms with Gasteiger partial charge >= 0.3 is 0 Å². The number of hydrogen-bond donors (Lipinski definition) is 0. The summed E-state index contributed by atoms with van der Waals surface area (Å²) >= 11 is 1.83. The highest BCUT2D eigenvalue weighted by Gasteiger charge is 2.21. The standard InChI is InChI=1S/C21H21NSSi/c1-14-11-12-18(22-13-14)17-9-5-7-15-16-8-6-10-19(24(2,3)4)21(16)23-20(15)17/h5-13H,1-4H3/i1D3. The lowest BCUT2D eigenvalue weighted by Gasteiger charge is -2.17. The molecule has 0 aliphatic rings. The number of nitrogens with zero attached hydrogens (tertiary/aromatic N) is 1. The Labute approximate surface area is 152 Å². The average Bonchev–Trinajstić information content (AvgIpc) is 2.99. The summed E-state index contributed by atoms with van der Waals surface area (Å²) in [5.41, 5.74) is 2.15. The van der Waals surface area contributed by atoms with Crippen LogP contribution in [0.15, 0.2) is 54.7 Å². The molecule has 0 N–H and O–H groups in total. The van der Waals surface area contributed by atoms with Crippen LogP contribution in [0.3, 0.4) is 0 Å². The molecule has 0 radical (unpaired) electrons. The molecule has 0 saturated carbocycles. The van der Waals surface area contributed by atoms with Gasteiger partial charge in [0, 0.05) is 36.0 Å². The summed E-state index contributed by atoms with van der Waals surface area (Å²) < 4.78 is 25.2. The van der Waals surface area contributed by atoms with Crippen molar-refractivity contribution in [2.45, 2.75) is 26.5 Å². The fourth-order valence-electron chi connectivity index (χ4n) is 3.17. The van der Waals surface area contributed by atoms with Gasteiger partial charge in [-0.25, -0.2) is 0 Å². The Bertz CT molecular complexity index is 1140. The van der Waals surface area contributed by atoms with Crippen molar-refractivity contribution in [2.75, 3.05) is 0 Å². The fraction of sp³-hybridized carbons (Fsp3) is 0.190. The van der Waals surface area contributed by atoms with E-state index in [0.717, 1.165) is 11.3 Å². The second kappa shape index (κ2) is 5.54. The van der Waals surface area contributed by atoms with Gasteiger partial charge in [-0.3, -0.25) is 4.98 Å². The molecule has 2 aromatic heterocycles. The molecule has 2 aromatic carbocycles. The first kappa shape index (κ1) is 12.4.